The van der Waals surface area contributed by atoms with Crippen molar-refractivity contribution in [2.24, 2.45) is 22.7 Å². The molecule has 5 atom stereocenters. The molecule has 186 valence electrons. The topological polar surface area (TPSA) is 66.8 Å². The van der Waals surface area contributed by atoms with Gasteiger partial charge >= 0.3 is 5.97 Å². The van der Waals surface area contributed by atoms with Crippen LogP contribution in [-0.2, 0) is 9.53 Å². The lowest BCUT2D eigenvalue weighted by molar-refractivity contribution is -0.145. The van der Waals surface area contributed by atoms with Crippen molar-refractivity contribution in [2.75, 3.05) is 6.61 Å². The second-order valence-corrected chi connectivity index (χ2v) is 11.2. The van der Waals surface area contributed by atoms with Gasteiger partial charge in [0.15, 0.2) is 0 Å². The molecule has 0 amide bonds. The number of ether oxygens (including phenoxy) is 1. The van der Waals surface area contributed by atoms with E-state index in [1.54, 1.807) is 6.08 Å². The molecule has 2 aliphatic carbocycles. The predicted octanol–water partition coefficient (Wildman–Crippen LogP) is 6.34. The fourth-order valence-corrected chi connectivity index (χ4v) is 6.19. The molecule has 0 saturated heterocycles. The fourth-order valence-electron chi connectivity index (χ4n) is 6.19. The highest BCUT2D eigenvalue weighted by molar-refractivity contribution is 5.95. The van der Waals surface area contributed by atoms with E-state index in [-0.39, 0.29) is 29.8 Å². The third-order valence-corrected chi connectivity index (χ3v) is 8.39. The zero-order valence-electron chi connectivity index (χ0n) is 21.6. The number of aliphatic hydroxyl groups excluding tert-OH is 2. The van der Waals surface area contributed by atoms with Crippen molar-refractivity contribution in [3.8, 4) is 0 Å². The summed E-state index contributed by atoms with van der Waals surface area (Å²) in [5.74, 6) is 0.504. The van der Waals surface area contributed by atoms with Gasteiger partial charge in [-0.3, -0.25) is 0 Å². The van der Waals surface area contributed by atoms with Crippen LogP contribution in [0.2, 0.25) is 0 Å². The van der Waals surface area contributed by atoms with E-state index < -0.39 is 11.5 Å². The van der Waals surface area contributed by atoms with Crippen molar-refractivity contribution < 1.29 is 19.7 Å². The Hall–Kier alpha value is -2.17. The number of hydrogen-bond acceptors (Lipinski definition) is 4. The van der Waals surface area contributed by atoms with Gasteiger partial charge in [-0.15, -0.1) is 0 Å². The maximum atomic E-state index is 12.5. The van der Waals surface area contributed by atoms with E-state index in [4.69, 9.17) is 4.74 Å². The standard InChI is InChI=1S/C30H42O4/c1-20(2)8-7-9-21(3)10-13-24-18-23(28(33)34-24)12-14-25-22(4)11-15-26-29(25,5)17-16-27(32)30(26,6)19-31/h8,10,12-14,18,25-27,31-32H,4,7,9,11,15-17,19H2,1-3,5-6H3/b14-12+,21-10-,24-13-/t25-,26+,27-,29+,30+/m1/s1. The minimum absolute atomic E-state index is 0.0236. The van der Waals surface area contributed by atoms with Crippen LogP contribution in [0, 0.1) is 22.7 Å². The SMILES string of the molecule is C=C1CC[C@@H]2[C@](C)(CO)[C@H](O)CC[C@@]2(C)[C@@H]1/C=C/C1=CC(=C/C=C(/C)CCC=C(C)C)/OC1=O. The van der Waals surface area contributed by atoms with Crippen LogP contribution in [0.25, 0.3) is 0 Å². The summed E-state index contributed by atoms with van der Waals surface area (Å²) < 4.78 is 5.46. The average molecular weight is 467 g/mol. The van der Waals surface area contributed by atoms with Gasteiger partial charge in [-0.2, -0.15) is 0 Å². The first-order chi connectivity index (χ1) is 16.0. The van der Waals surface area contributed by atoms with Crippen LogP contribution in [0.1, 0.15) is 73.1 Å². The lowest BCUT2D eigenvalue weighted by atomic mass is 9.46. The maximum Gasteiger partial charge on any atom is 0.343 e. The Bertz CT molecular complexity index is 958. The summed E-state index contributed by atoms with van der Waals surface area (Å²) in [6.45, 7) is 14.9. The highest BCUT2D eigenvalue weighted by Gasteiger charge is 2.57. The van der Waals surface area contributed by atoms with Gasteiger partial charge in [0, 0.05) is 11.3 Å². The number of aliphatic hydroxyl groups is 2. The van der Waals surface area contributed by atoms with Crippen molar-refractivity contribution >= 4 is 5.97 Å². The number of allylic oxidation sites excluding steroid dienone is 8. The van der Waals surface area contributed by atoms with Gasteiger partial charge in [0.05, 0.1) is 18.3 Å². The Balaban J connectivity index is 1.77. The molecule has 2 fully saturated rings. The van der Waals surface area contributed by atoms with Crippen LogP contribution >= 0.6 is 0 Å². The predicted molar refractivity (Wildman–Crippen MR) is 138 cm³/mol. The van der Waals surface area contributed by atoms with E-state index in [2.05, 4.69) is 46.4 Å². The van der Waals surface area contributed by atoms with Gasteiger partial charge in [0.2, 0.25) is 0 Å². The van der Waals surface area contributed by atoms with Crippen LogP contribution in [0.3, 0.4) is 0 Å². The molecule has 34 heavy (non-hydrogen) atoms. The molecule has 4 nitrogen and oxygen atoms in total. The number of rotatable bonds is 7. The van der Waals surface area contributed by atoms with E-state index in [0.717, 1.165) is 37.7 Å². The monoisotopic (exact) mass is 466 g/mol. The molecule has 1 aliphatic heterocycles. The highest BCUT2D eigenvalue weighted by Crippen LogP contribution is 2.61. The Kier molecular flexibility index (Phi) is 8.26. The van der Waals surface area contributed by atoms with Crippen LogP contribution in [0.15, 0.2) is 71.1 Å². The van der Waals surface area contributed by atoms with Crippen LogP contribution in [0.4, 0.5) is 0 Å². The third-order valence-electron chi connectivity index (χ3n) is 8.39. The molecule has 0 aromatic carbocycles. The fraction of sp³-hybridized carbons (Fsp3) is 0.567. The van der Waals surface area contributed by atoms with Crippen LogP contribution in [0.5, 0.6) is 0 Å². The molecule has 1 heterocycles. The lowest BCUT2D eigenvalue weighted by Crippen LogP contribution is -2.57. The lowest BCUT2D eigenvalue weighted by Gasteiger charge is -2.59. The molecule has 0 aromatic heterocycles. The van der Waals surface area contributed by atoms with E-state index in [1.807, 2.05) is 25.2 Å². The van der Waals surface area contributed by atoms with Gasteiger partial charge in [-0.25, -0.2) is 4.79 Å². The van der Waals surface area contributed by atoms with Crippen molar-refractivity contribution in [2.45, 2.75) is 79.2 Å². The Labute approximate surface area is 205 Å². The Morgan fingerprint density at radius 1 is 1.26 bits per heavy atom. The van der Waals surface area contributed by atoms with E-state index >= 15 is 0 Å². The molecule has 0 aromatic rings. The molecule has 2 N–H and O–H groups in total. The van der Waals surface area contributed by atoms with E-state index in [9.17, 15) is 15.0 Å². The van der Waals surface area contributed by atoms with Gasteiger partial charge in [-0.05, 0) is 82.8 Å². The molecule has 0 spiro atoms. The Morgan fingerprint density at radius 3 is 2.68 bits per heavy atom. The van der Waals surface area contributed by atoms with Crippen molar-refractivity contribution in [1.82, 2.24) is 0 Å². The van der Waals surface area contributed by atoms with Crippen molar-refractivity contribution in [3.63, 3.8) is 0 Å². The van der Waals surface area contributed by atoms with E-state index in [1.165, 1.54) is 11.1 Å². The second-order valence-electron chi connectivity index (χ2n) is 11.2. The molecular formula is C30H42O4. The largest absolute Gasteiger partial charge is 0.423 e. The summed E-state index contributed by atoms with van der Waals surface area (Å²) in [6, 6.07) is 0. The average Bonchev–Trinajstić information content (AvgIpc) is 3.14. The molecule has 0 unspecified atom stereocenters. The summed E-state index contributed by atoms with van der Waals surface area (Å²) in [4.78, 5) is 12.5. The minimum Gasteiger partial charge on any atom is -0.423 e. The third kappa shape index (κ3) is 5.39. The van der Waals surface area contributed by atoms with Crippen LogP contribution in [-0.4, -0.2) is 28.9 Å². The van der Waals surface area contributed by atoms with Crippen molar-refractivity contribution in [1.29, 1.82) is 0 Å². The molecule has 3 rings (SSSR count). The summed E-state index contributed by atoms with van der Waals surface area (Å²) in [5.41, 5.74) is 3.63. The molecular weight excluding hydrogens is 424 g/mol. The number of fused-ring (bicyclic) bond motifs is 1. The number of carbonyl (C=O) groups excluding carboxylic acids is 1. The first-order valence-corrected chi connectivity index (χ1v) is 12.6. The van der Waals surface area contributed by atoms with Gasteiger partial charge in [-0.1, -0.05) is 61.4 Å². The zero-order valence-corrected chi connectivity index (χ0v) is 21.6. The maximum absolute atomic E-state index is 12.5. The summed E-state index contributed by atoms with van der Waals surface area (Å²) >= 11 is 0. The number of hydrogen-bond donors (Lipinski definition) is 2. The summed E-state index contributed by atoms with van der Waals surface area (Å²) in [7, 11) is 0. The number of cyclic esters (lactones) is 1. The molecule has 0 bridgehead atoms. The van der Waals surface area contributed by atoms with Crippen LogP contribution < -0.4 is 0 Å². The van der Waals surface area contributed by atoms with Gasteiger partial charge in [0.1, 0.15) is 5.76 Å². The summed E-state index contributed by atoms with van der Waals surface area (Å²) in [6.07, 6.45) is 16.7. The molecule has 4 heteroatoms. The second kappa shape index (κ2) is 10.6. The molecule has 3 aliphatic rings. The minimum atomic E-state index is -0.517. The first-order valence-electron chi connectivity index (χ1n) is 12.6. The normalized spacial score (nSPS) is 35.4. The van der Waals surface area contributed by atoms with Gasteiger partial charge in [0.25, 0.3) is 0 Å². The highest BCUT2D eigenvalue weighted by atomic mass is 16.5. The summed E-state index contributed by atoms with van der Waals surface area (Å²) in [5, 5.41) is 20.8. The van der Waals surface area contributed by atoms with E-state index in [0.29, 0.717) is 17.8 Å². The molecule has 0 radical (unpaired) electrons. The zero-order chi connectivity index (χ0) is 25.1. The number of esters is 1. The van der Waals surface area contributed by atoms with Gasteiger partial charge < -0.3 is 14.9 Å². The van der Waals surface area contributed by atoms with Crippen molar-refractivity contribution in [3.05, 3.63) is 71.1 Å². The Morgan fingerprint density at radius 2 is 2.00 bits per heavy atom. The molecule has 2 saturated carbocycles. The quantitative estimate of drug-likeness (QED) is 0.339. The first kappa shape index (κ1) is 26.4. The smallest absolute Gasteiger partial charge is 0.343 e. The number of carbonyl (C=O) groups is 1.